The van der Waals surface area contributed by atoms with E-state index in [1.165, 1.54) is 0 Å². The monoisotopic (exact) mass is 255 g/mol. The number of halogens is 1. The molecule has 0 amide bonds. The zero-order valence-corrected chi connectivity index (χ0v) is 11.0. The van der Waals surface area contributed by atoms with Gasteiger partial charge in [0.15, 0.2) is 11.0 Å². The van der Waals surface area contributed by atoms with E-state index in [1.807, 2.05) is 13.8 Å². The fraction of sp³-hybridized carbons (Fsp3) is 0.667. The lowest BCUT2D eigenvalue weighted by Gasteiger charge is -2.13. The summed E-state index contributed by atoms with van der Waals surface area (Å²) in [6.07, 6.45) is 2.75. The van der Waals surface area contributed by atoms with Gasteiger partial charge in [-0.25, -0.2) is 0 Å². The summed E-state index contributed by atoms with van der Waals surface area (Å²) in [5.74, 6) is 1.33. The average molecular weight is 256 g/mol. The number of hydrogen-bond acceptors (Lipinski definition) is 4. The highest BCUT2D eigenvalue weighted by atomic mass is 35.5. The minimum atomic E-state index is -0.124. The van der Waals surface area contributed by atoms with Crippen molar-refractivity contribution in [3.05, 3.63) is 16.3 Å². The minimum Gasteiger partial charge on any atom is -0.393 e. The molecule has 1 aromatic rings. The maximum Gasteiger partial charge on any atom is 0.155 e. The van der Waals surface area contributed by atoms with E-state index in [4.69, 9.17) is 11.6 Å². The second-order valence-corrected chi connectivity index (χ2v) is 5.16. The van der Waals surface area contributed by atoms with E-state index in [9.17, 15) is 5.11 Å². The molecule has 0 aromatic carbocycles. The Labute approximate surface area is 106 Å². The lowest BCUT2D eigenvalue weighted by atomic mass is 10.1. The molecule has 1 saturated carbocycles. The maximum absolute atomic E-state index is 9.46. The highest BCUT2D eigenvalue weighted by molar-refractivity contribution is 6.30. The van der Waals surface area contributed by atoms with Crippen molar-refractivity contribution in [2.24, 2.45) is 5.92 Å². The van der Waals surface area contributed by atoms with Gasteiger partial charge in [-0.3, -0.25) is 0 Å². The van der Waals surface area contributed by atoms with Gasteiger partial charge in [-0.05, 0) is 50.2 Å². The number of anilines is 1. The molecule has 0 saturated heterocycles. The molecule has 1 fully saturated rings. The molecule has 5 heteroatoms. The molecular formula is C12H18ClN3O. The molecule has 1 aliphatic carbocycles. The molecule has 0 radical (unpaired) electrons. The number of rotatable bonds is 3. The third-order valence-corrected chi connectivity index (χ3v) is 3.90. The number of nitrogens with one attached hydrogen (secondary N) is 1. The predicted molar refractivity (Wildman–Crippen MR) is 68.4 cm³/mol. The molecule has 2 atom stereocenters. The Bertz CT molecular complexity index is 411. The Kier molecular flexibility index (Phi) is 3.84. The first kappa shape index (κ1) is 12.6. The van der Waals surface area contributed by atoms with Gasteiger partial charge in [-0.1, -0.05) is 11.6 Å². The van der Waals surface area contributed by atoms with Crippen LogP contribution in [0.2, 0.25) is 5.15 Å². The predicted octanol–water partition coefficient (Wildman–Crippen LogP) is 2.32. The summed E-state index contributed by atoms with van der Waals surface area (Å²) < 4.78 is 0. The van der Waals surface area contributed by atoms with Gasteiger partial charge < -0.3 is 10.4 Å². The van der Waals surface area contributed by atoms with Crippen LogP contribution in [-0.2, 0) is 0 Å². The Hall–Kier alpha value is -0.870. The van der Waals surface area contributed by atoms with Gasteiger partial charge in [-0.15, -0.1) is 10.2 Å². The van der Waals surface area contributed by atoms with E-state index in [-0.39, 0.29) is 6.10 Å². The van der Waals surface area contributed by atoms with Crippen molar-refractivity contribution >= 4 is 17.4 Å². The summed E-state index contributed by atoms with van der Waals surface area (Å²) in [5.41, 5.74) is 2.01. The molecule has 17 heavy (non-hydrogen) atoms. The van der Waals surface area contributed by atoms with Gasteiger partial charge in [-0.2, -0.15) is 0 Å². The molecule has 0 spiro atoms. The second kappa shape index (κ2) is 5.19. The van der Waals surface area contributed by atoms with E-state index < -0.39 is 0 Å². The van der Waals surface area contributed by atoms with Gasteiger partial charge in [0.2, 0.25) is 0 Å². The quantitative estimate of drug-likeness (QED) is 0.870. The number of hydrogen-bond donors (Lipinski definition) is 2. The van der Waals surface area contributed by atoms with Crippen LogP contribution in [0.5, 0.6) is 0 Å². The van der Waals surface area contributed by atoms with E-state index in [0.29, 0.717) is 11.1 Å². The van der Waals surface area contributed by atoms with Gasteiger partial charge in [0.05, 0.1) is 6.10 Å². The van der Waals surface area contributed by atoms with E-state index in [1.54, 1.807) is 0 Å². The second-order valence-electron chi connectivity index (χ2n) is 4.80. The zero-order chi connectivity index (χ0) is 12.4. The third-order valence-electron chi connectivity index (χ3n) is 3.54. The Balaban J connectivity index is 1.97. The van der Waals surface area contributed by atoms with Crippen LogP contribution in [-0.4, -0.2) is 28.0 Å². The summed E-state index contributed by atoms with van der Waals surface area (Å²) in [4.78, 5) is 0. The summed E-state index contributed by atoms with van der Waals surface area (Å²) in [5, 5.41) is 21.2. The molecular weight excluding hydrogens is 238 g/mol. The molecule has 2 rings (SSSR count). The number of aliphatic hydroxyl groups excluding tert-OH is 1. The van der Waals surface area contributed by atoms with Crippen LogP contribution in [0.25, 0.3) is 0 Å². The SMILES string of the molecule is Cc1c(Cl)nnc(NCC2CCC(O)C2)c1C. The number of aromatic nitrogens is 2. The van der Waals surface area contributed by atoms with Gasteiger partial charge in [0, 0.05) is 6.54 Å². The summed E-state index contributed by atoms with van der Waals surface area (Å²) in [6.45, 7) is 4.77. The van der Waals surface area contributed by atoms with E-state index in [0.717, 1.165) is 42.8 Å². The van der Waals surface area contributed by atoms with Crippen molar-refractivity contribution in [2.75, 3.05) is 11.9 Å². The Morgan fingerprint density at radius 1 is 1.29 bits per heavy atom. The molecule has 0 aliphatic heterocycles. The fourth-order valence-electron chi connectivity index (χ4n) is 2.22. The third kappa shape index (κ3) is 2.87. The highest BCUT2D eigenvalue weighted by Gasteiger charge is 2.22. The summed E-state index contributed by atoms with van der Waals surface area (Å²) in [7, 11) is 0. The lowest BCUT2D eigenvalue weighted by molar-refractivity contribution is 0.178. The molecule has 94 valence electrons. The van der Waals surface area contributed by atoms with Crippen LogP contribution in [0.1, 0.15) is 30.4 Å². The first-order chi connectivity index (χ1) is 8.08. The molecule has 1 aliphatic rings. The topological polar surface area (TPSA) is 58.0 Å². The smallest absolute Gasteiger partial charge is 0.155 e. The van der Waals surface area contributed by atoms with Crippen molar-refractivity contribution < 1.29 is 5.11 Å². The Morgan fingerprint density at radius 3 is 2.71 bits per heavy atom. The highest BCUT2D eigenvalue weighted by Crippen LogP contribution is 2.26. The Morgan fingerprint density at radius 2 is 2.06 bits per heavy atom. The fourth-order valence-corrected chi connectivity index (χ4v) is 2.40. The van der Waals surface area contributed by atoms with Crippen LogP contribution in [0.15, 0.2) is 0 Å². The van der Waals surface area contributed by atoms with Crippen molar-refractivity contribution in [3.63, 3.8) is 0 Å². The summed E-state index contributed by atoms with van der Waals surface area (Å²) >= 11 is 5.90. The zero-order valence-electron chi connectivity index (χ0n) is 10.2. The van der Waals surface area contributed by atoms with Gasteiger partial charge in [0.25, 0.3) is 0 Å². The normalized spacial score (nSPS) is 24.0. The first-order valence-electron chi connectivity index (χ1n) is 5.99. The van der Waals surface area contributed by atoms with Crippen molar-refractivity contribution in [1.29, 1.82) is 0 Å². The molecule has 2 unspecified atom stereocenters. The molecule has 0 bridgehead atoms. The molecule has 4 nitrogen and oxygen atoms in total. The average Bonchev–Trinajstić information content (AvgIpc) is 2.71. The van der Waals surface area contributed by atoms with Crippen molar-refractivity contribution in [3.8, 4) is 0 Å². The van der Waals surface area contributed by atoms with Crippen LogP contribution in [0.3, 0.4) is 0 Å². The molecule has 1 heterocycles. The van der Waals surface area contributed by atoms with Crippen LogP contribution in [0, 0.1) is 19.8 Å². The van der Waals surface area contributed by atoms with E-state index in [2.05, 4.69) is 15.5 Å². The van der Waals surface area contributed by atoms with Crippen molar-refractivity contribution in [1.82, 2.24) is 10.2 Å². The maximum atomic E-state index is 9.46. The molecule has 1 aromatic heterocycles. The standard InChI is InChI=1S/C12H18ClN3O/c1-7-8(2)12(16-15-11(7)13)14-6-9-3-4-10(17)5-9/h9-10,17H,3-6H2,1-2H3,(H,14,16). The van der Waals surface area contributed by atoms with E-state index >= 15 is 0 Å². The number of nitrogens with zero attached hydrogens (tertiary/aromatic N) is 2. The van der Waals surface area contributed by atoms with Crippen molar-refractivity contribution in [2.45, 2.75) is 39.2 Å². The number of aliphatic hydroxyl groups is 1. The lowest BCUT2D eigenvalue weighted by Crippen LogP contribution is -2.15. The first-order valence-corrected chi connectivity index (χ1v) is 6.37. The van der Waals surface area contributed by atoms with Gasteiger partial charge >= 0.3 is 0 Å². The largest absolute Gasteiger partial charge is 0.393 e. The molecule has 2 N–H and O–H groups in total. The van der Waals surface area contributed by atoms with Crippen LogP contribution < -0.4 is 5.32 Å². The van der Waals surface area contributed by atoms with Gasteiger partial charge in [0.1, 0.15) is 0 Å². The summed E-state index contributed by atoms with van der Waals surface area (Å²) in [6, 6.07) is 0. The minimum absolute atomic E-state index is 0.124. The van der Waals surface area contributed by atoms with Crippen LogP contribution in [0.4, 0.5) is 5.82 Å². The van der Waals surface area contributed by atoms with Crippen LogP contribution >= 0.6 is 11.6 Å².